The second-order valence-electron chi connectivity index (χ2n) is 19.2. The summed E-state index contributed by atoms with van der Waals surface area (Å²) in [5.41, 5.74) is 0. The van der Waals surface area contributed by atoms with Gasteiger partial charge in [0.2, 0.25) is 5.91 Å². The summed E-state index contributed by atoms with van der Waals surface area (Å²) >= 11 is 0. The van der Waals surface area contributed by atoms with Crippen molar-refractivity contribution in [2.45, 2.75) is 313 Å². The van der Waals surface area contributed by atoms with E-state index in [4.69, 9.17) is 9.47 Å². The highest BCUT2D eigenvalue weighted by atomic mass is 16.7. The van der Waals surface area contributed by atoms with Crippen LogP contribution in [0.25, 0.3) is 0 Å². The molecular weight excluding hydrogens is 783 g/mol. The molecule has 0 aromatic heterocycles. The van der Waals surface area contributed by atoms with Crippen LogP contribution in [0.4, 0.5) is 0 Å². The van der Waals surface area contributed by atoms with Gasteiger partial charge in [-0.2, -0.15) is 0 Å². The van der Waals surface area contributed by atoms with Crippen LogP contribution in [0.1, 0.15) is 264 Å². The number of hydrogen-bond donors (Lipinski definition) is 7. The summed E-state index contributed by atoms with van der Waals surface area (Å²) in [4.78, 5) is 13.1. The summed E-state index contributed by atoms with van der Waals surface area (Å²) < 4.78 is 11.2. The van der Waals surface area contributed by atoms with Gasteiger partial charge in [0.25, 0.3) is 0 Å². The van der Waals surface area contributed by atoms with E-state index in [2.05, 4.69) is 19.2 Å². The van der Waals surface area contributed by atoms with E-state index in [1.54, 1.807) is 0 Å². The molecule has 0 aliphatic carbocycles. The van der Waals surface area contributed by atoms with Crippen molar-refractivity contribution in [3.63, 3.8) is 0 Å². The number of hydrogen-bond acceptors (Lipinski definition) is 9. The Kier molecular flexibility index (Phi) is 40.8. The van der Waals surface area contributed by atoms with E-state index in [-0.39, 0.29) is 6.61 Å². The molecule has 0 saturated carbocycles. The van der Waals surface area contributed by atoms with E-state index in [0.29, 0.717) is 12.8 Å². The molecule has 0 spiro atoms. The Morgan fingerprint density at radius 1 is 0.484 bits per heavy atom. The van der Waals surface area contributed by atoms with Crippen LogP contribution >= 0.6 is 0 Å². The molecule has 8 unspecified atom stereocenters. The second-order valence-corrected chi connectivity index (χ2v) is 19.2. The molecule has 10 nitrogen and oxygen atoms in total. The zero-order valence-electron chi connectivity index (χ0n) is 40.5. The summed E-state index contributed by atoms with van der Waals surface area (Å²) in [6.45, 7) is 3.69. The Balaban J connectivity index is 2.21. The van der Waals surface area contributed by atoms with E-state index in [1.165, 1.54) is 193 Å². The number of aliphatic hydroxyl groups is 6. The monoisotopic (exact) mass is 886 g/mol. The molecule has 10 heteroatoms. The van der Waals surface area contributed by atoms with Crippen LogP contribution < -0.4 is 5.32 Å². The number of carbonyl (C=O) groups is 1. The maximum atomic E-state index is 13.1. The number of amides is 1. The molecule has 1 saturated heterocycles. The van der Waals surface area contributed by atoms with Gasteiger partial charge < -0.3 is 45.4 Å². The molecule has 8 atom stereocenters. The molecule has 1 aliphatic rings. The Bertz CT molecular complexity index is 957. The van der Waals surface area contributed by atoms with Gasteiger partial charge in [-0.1, -0.05) is 251 Å². The highest BCUT2D eigenvalue weighted by Gasteiger charge is 2.44. The van der Waals surface area contributed by atoms with Crippen LogP contribution in [0.3, 0.4) is 0 Å². The van der Waals surface area contributed by atoms with Crippen molar-refractivity contribution in [3.8, 4) is 0 Å². The first-order valence-electron chi connectivity index (χ1n) is 26.8. The maximum absolute atomic E-state index is 13.1. The van der Waals surface area contributed by atoms with Crippen molar-refractivity contribution < 1.29 is 44.9 Å². The molecule has 370 valence electrons. The lowest BCUT2D eigenvalue weighted by molar-refractivity contribution is -0.302. The number of aliphatic hydroxyl groups excluding tert-OH is 6. The lowest BCUT2D eigenvalue weighted by Gasteiger charge is -2.40. The Morgan fingerprint density at radius 2 is 0.806 bits per heavy atom. The molecule has 1 aliphatic heterocycles. The molecule has 0 bridgehead atoms. The highest BCUT2D eigenvalue weighted by molar-refractivity contribution is 5.80. The molecule has 0 aromatic carbocycles. The van der Waals surface area contributed by atoms with Crippen LogP contribution in [0.15, 0.2) is 0 Å². The van der Waals surface area contributed by atoms with Crippen LogP contribution in [0.5, 0.6) is 0 Å². The molecule has 1 heterocycles. The van der Waals surface area contributed by atoms with Crippen molar-refractivity contribution >= 4 is 5.91 Å². The van der Waals surface area contributed by atoms with Gasteiger partial charge in [-0.15, -0.1) is 0 Å². The zero-order valence-corrected chi connectivity index (χ0v) is 40.5. The number of unbranched alkanes of at least 4 members (excludes halogenated alkanes) is 35. The first kappa shape index (κ1) is 59.2. The van der Waals surface area contributed by atoms with E-state index in [0.717, 1.165) is 44.9 Å². The van der Waals surface area contributed by atoms with Crippen molar-refractivity contribution in [1.82, 2.24) is 5.32 Å². The summed E-state index contributed by atoms with van der Waals surface area (Å²) in [6.07, 6.45) is 38.8. The lowest BCUT2D eigenvalue weighted by Crippen LogP contribution is -2.60. The van der Waals surface area contributed by atoms with Crippen LogP contribution in [0, 0.1) is 0 Å². The Morgan fingerprint density at radius 3 is 1.15 bits per heavy atom. The van der Waals surface area contributed by atoms with E-state index in [1.807, 2.05) is 0 Å². The van der Waals surface area contributed by atoms with Crippen LogP contribution in [0.2, 0.25) is 0 Å². The largest absolute Gasteiger partial charge is 0.394 e. The first-order valence-corrected chi connectivity index (χ1v) is 26.8. The zero-order chi connectivity index (χ0) is 45.3. The summed E-state index contributed by atoms with van der Waals surface area (Å²) in [7, 11) is 0. The van der Waals surface area contributed by atoms with Crippen LogP contribution in [-0.4, -0.2) is 98.7 Å². The van der Waals surface area contributed by atoms with Gasteiger partial charge in [0.1, 0.15) is 30.5 Å². The van der Waals surface area contributed by atoms with E-state index < -0.39 is 61.5 Å². The molecule has 0 aromatic rings. The van der Waals surface area contributed by atoms with Crippen molar-refractivity contribution in [2.24, 2.45) is 0 Å². The average molecular weight is 886 g/mol. The van der Waals surface area contributed by atoms with Gasteiger partial charge in [-0.3, -0.25) is 4.79 Å². The van der Waals surface area contributed by atoms with Gasteiger partial charge in [0.05, 0.1) is 25.4 Å². The highest BCUT2D eigenvalue weighted by Crippen LogP contribution is 2.23. The van der Waals surface area contributed by atoms with Crippen molar-refractivity contribution in [3.05, 3.63) is 0 Å². The minimum absolute atomic E-state index is 0.250. The van der Waals surface area contributed by atoms with Gasteiger partial charge in [0, 0.05) is 0 Å². The van der Waals surface area contributed by atoms with Gasteiger partial charge in [-0.25, -0.2) is 0 Å². The topological polar surface area (TPSA) is 169 Å². The fourth-order valence-corrected chi connectivity index (χ4v) is 8.93. The number of nitrogens with one attached hydrogen (secondary N) is 1. The number of rotatable bonds is 46. The average Bonchev–Trinajstić information content (AvgIpc) is 3.27. The fourth-order valence-electron chi connectivity index (χ4n) is 8.93. The van der Waals surface area contributed by atoms with Crippen molar-refractivity contribution in [1.29, 1.82) is 0 Å². The molecule has 1 amide bonds. The third-order valence-electron chi connectivity index (χ3n) is 13.3. The predicted octanol–water partition coefficient (Wildman–Crippen LogP) is 11.3. The molecule has 7 N–H and O–H groups in total. The van der Waals surface area contributed by atoms with Gasteiger partial charge in [0.15, 0.2) is 6.29 Å². The molecule has 0 radical (unpaired) electrons. The third kappa shape index (κ3) is 31.9. The molecule has 1 fully saturated rings. The quantitative estimate of drug-likeness (QED) is 0.0294. The Labute approximate surface area is 381 Å². The number of ether oxygens (including phenoxy) is 2. The molecule has 1 rings (SSSR count). The predicted molar refractivity (Wildman–Crippen MR) is 255 cm³/mol. The summed E-state index contributed by atoms with van der Waals surface area (Å²) in [5, 5.41) is 65.0. The minimum Gasteiger partial charge on any atom is -0.394 e. The normalized spacial score (nSPS) is 20.7. The SMILES string of the molecule is CCCCCCCCCCCCCCCCCCCCCCCCCCCC(O)C(=O)NC(COC1OC(CO)C(O)C(O)C1O)C(O)CCCCCCCCCCCCCC. The second kappa shape index (κ2) is 42.8. The molecule has 62 heavy (non-hydrogen) atoms. The van der Waals surface area contributed by atoms with Gasteiger partial charge >= 0.3 is 0 Å². The number of carbonyl (C=O) groups excluding carboxylic acids is 1. The standard InChI is InChI=1S/C52H103NO9/c1-3-5-7-9-11-13-15-17-18-19-20-21-22-23-24-25-26-27-28-29-31-33-35-37-39-41-46(56)51(60)53-44(43-61-52-50(59)49(58)48(57)47(42-54)62-52)45(55)40-38-36-34-32-30-16-14-12-10-8-6-4-2/h44-50,52,54-59H,3-43H2,1-2H3,(H,53,60). The fraction of sp³-hybridized carbons (Fsp3) is 0.981. The lowest BCUT2D eigenvalue weighted by atomic mass is 9.99. The Hall–Kier alpha value is -0.850. The smallest absolute Gasteiger partial charge is 0.249 e. The summed E-state index contributed by atoms with van der Waals surface area (Å²) in [5.74, 6) is -0.578. The van der Waals surface area contributed by atoms with Crippen LogP contribution in [-0.2, 0) is 14.3 Å². The van der Waals surface area contributed by atoms with Crippen molar-refractivity contribution in [2.75, 3.05) is 13.2 Å². The maximum Gasteiger partial charge on any atom is 0.249 e. The van der Waals surface area contributed by atoms with E-state index >= 15 is 0 Å². The third-order valence-corrected chi connectivity index (χ3v) is 13.3. The van der Waals surface area contributed by atoms with E-state index in [9.17, 15) is 35.4 Å². The summed E-state index contributed by atoms with van der Waals surface area (Å²) in [6, 6.07) is -0.888. The molecular formula is C52H103NO9. The van der Waals surface area contributed by atoms with Gasteiger partial charge in [-0.05, 0) is 12.8 Å². The minimum atomic E-state index is -1.59. The first-order chi connectivity index (χ1) is 30.3.